The minimum Gasteiger partial charge on any atom is -0.476 e. The zero-order valence-corrected chi connectivity index (χ0v) is 12.5. The summed E-state index contributed by atoms with van der Waals surface area (Å²) in [5, 5.41) is 16.2. The van der Waals surface area contributed by atoms with Crippen molar-refractivity contribution in [2.75, 3.05) is 13.7 Å². The third-order valence-corrected chi connectivity index (χ3v) is 3.49. The third kappa shape index (κ3) is 5.14. The van der Waals surface area contributed by atoms with Crippen molar-refractivity contribution >= 4 is 23.3 Å². The number of nitrogens with one attached hydrogen (secondary N) is 2. The van der Waals surface area contributed by atoms with Crippen LogP contribution in [-0.2, 0) is 11.3 Å². The Bertz CT molecular complexity index is 461. The highest BCUT2D eigenvalue weighted by atomic mass is 32.1. The van der Waals surface area contributed by atoms with Gasteiger partial charge in [0.25, 0.3) is 0 Å². The number of carbonyl (C=O) groups is 2. The lowest BCUT2D eigenvalue weighted by Crippen LogP contribution is -2.46. The Kier molecular flexibility index (Phi) is 6.40. The Hall–Kier alpha value is -1.67. The summed E-state index contributed by atoms with van der Waals surface area (Å²) in [6, 6.07) is -0.404. The van der Waals surface area contributed by atoms with E-state index in [9.17, 15) is 9.59 Å². The second-order valence-electron chi connectivity index (χ2n) is 4.56. The number of urea groups is 1. The molecule has 0 saturated carbocycles. The molecule has 1 aromatic rings. The van der Waals surface area contributed by atoms with Crippen molar-refractivity contribution in [2.45, 2.75) is 26.4 Å². The highest BCUT2D eigenvalue weighted by molar-refractivity contribution is 7.09. The standard InChI is InChI=1S/C12H19N3O4S/c1-7(2)8(5-19-3)15-12(18)13-4-10-14-9(6-20-10)11(16)17/h6-8H,4-5H2,1-3H3,(H,16,17)(H2,13,15,18). The number of amides is 2. The molecule has 0 saturated heterocycles. The van der Waals surface area contributed by atoms with Gasteiger partial charge in [0.15, 0.2) is 5.69 Å². The average Bonchev–Trinajstić information content (AvgIpc) is 2.84. The summed E-state index contributed by atoms with van der Waals surface area (Å²) in [5.74, 6) is -0.823. The molecule has 0 bridgehead atoms. The monoisotopic (exact) mass is 301 g/mol. The van der Waals surface area contributed by atoms with Crippen molar-refractivity contribution in [3.8, 4) is 0 Å². The van der Waals surface area contributed by atoms with Crippen molar-refractivity contribution in [1.82, 2.24) is 15.6 Å². The quantitative estimate of drug-likeness (QED) is 0.705. The molecule has 1 unspecified atom stereocenters. The molecule has 0 aliphatic carbocycles. The first-order valence-corrected chi connectivity index (χ1v) is 7.03. The molecule has 112 valence electrons. The maximum Gasteiger partial charge on any atom is 0.355 e. The van der Waals surface area contributed by atoms with Gasteiger partial charge in [-0.25, -0.2) is 14.6 Å². The van der Waals surface area contributed by atoms with Gasteiger partial charge in [0.2, 0.25) is 0 Å². The van der Waals surface area contributed by atoms with Gasteiger partial charge < -0.3 is 20.5 Å². The van der Waals surface area contributed by atoms with E-state index in [-0.39, 0.29) is 30.2 Å². The molecule has 1 rings (SSSR count). The number of aromatic carboxylic acids is 1. The van der Waals surface area contributed by atoms with Gasteiger partial charge in [0.1, 0.15) is 5.01 Å². The van der Waals surface area contributed by atoms with Crippen molar-refractivity contribution < 1.29 is 19.4 Å². The molecule has 0 aliphatic rings. The van der Waals surface area contributed by atoms with Crippen molar-refractivity contribution in [3.05, 3.63) is 16.1 Å². The predicted molar refractivity (Wildman–Crippen MR) is 74.9 cm³/mol. The molecule has 1 aromatic heterocycles. The van der Waals surface area contributed by atoms with E-state index in [0.717, 1.165) is 0 Å². The van der Waals surface area contributed by atoms with Gasteiger partial charge >= 0.3 is 12.0 Å². The van der Waals surface area contributed by atoms with Crippen molar-refractivity contribution in [1.29, 1.82) is 0 Å². The second kappa shape index (κ2) is 7.81. The molecular weight excluding hydrogens is 282 g/mol. The van der Waals surface area contributed by atoms with Crippen molar-refractivity contribution in [3.63, 3.8) is 0 Å². The Labute approximate surface area is 121 Å². The van der Waals surface area contributed by atoms with Crippen LogP contribution in [0, 0.1) is 5.92 Å². The van der Waals surface area contributed by atoms with E-state index in [0.29, 0.717) is 11.6 Å². The Morgan fingerprint density at radius 2 is 2.20 bits per heavy atom. The van der Waals surface area contributed by atoms with Crippen LogP contribution >= 0.6 is 11.3 Å². The van der Waals surface area contributed by atoms with Crippen LogP contribution in [-0.4, -0.2) is 41.8 Å². The van der Waals surface area contributed by atoms with E-state index in [2.05, 4.69) is 15.6 Å². The molecule has 0 radical (unpaired) electrons. The summed E-state index contributed by atoms with van der Waals surface area (Å²) < 4.78 is 5.04. The van der Waals surface area contributed by atoms with Gasteiger partial charge in [-0.2, -0.15) is 0 Å². The number of methoxy groups -OCH3 is 1. The first-order chi connectivity index (χ1) is 9.43. The number of carboxylic acid groups (broad SMARTS) is 1. The van der Waals surface area contributed by atoms with Crippen LogP contribution in [0.1, 0.15) is 29.3 Å². The summed E-state index contributed by atoms with van der Waals surface area (Å²) in [7, 11) is 1.58. The summed E-state index contributed by atoms with van der Waals surface area (Å²) in [5.41, 5.74) is -0.00773. The molecule has 2 amide bonds. The third-order valence-electron chi connectivity index (χ3n) is 2.64. The molecule has 0 spiro atoms. The Morgan fingerprint density at radius 1 is 1.50 bits per heavy atom. The number of carboxylic acids is 1. The lowest BCUT2D eigenvalue weighted by Gasteiger charge is -2.21. The molecule has 20 heavy (non-hydrogen) atoms. The topological polar surface area (TPSA) is 101 Å². The van der Waals surface area contributed by atoms with Crippen LogP contribution in [0.25, 0.3) is 0 Å². The number of hydrogen-bond donors (Lipinski definition) is 3. The van der Waals surface area contributed by atoms with Crippen LogP contribution in [0.2, 0.25) is 0 Å². The van der Waals surface area contributed by atoms with E-state index >= 15 is 0 Å². The molecule has 8 heteroatoms. The number of carbonyl (C=O) groups excluding carboxylic acids is 1. The molecule has 3 N–H and O–H groups in total. The van der Waals surface area contributed by atoms with E-state index in [4.69, 9.17) is 9.84 Å². The highest BCUT2D eigenvalue weighted by Gasteiger charge is 2.16. The Balaban J connectivity index is 2.43. The van der Waals surface area contributed by atoms with Crippen LogP contribution in [0.3, 0.4) is 0 Å². The number of nitrogens with zero attached hydrogens (tertiary/aromatic N) is 1. The lowest BCUT2D eigenvalue weighted by atomic mass is 10.1. The first-order valence-electron chi connectivity index (χ1n) is 6.15. The summed E-state index contributed by atoms with van der Waals surface area (Å²) in [6.07, 6.45) is 0. The number of rotatable bonds is 7. The molecule has 1 heterocycles. The smallest absolute Gasteiger partial charge is 0.355 e. The molecule has 0 aliphatic heterocycles. The van der Waals surface area contributed by atoms with E-state index in [1.54, 1.807) is 7.11 Å². The number of hydrogen-bond acceptors (Lipinski definition) is 5. The van der Waals surface area contributed by atoms with E-state index < -0.39 is 5.97 Å². The number of thiazole rings is 1. The largest absolute Gasteiger partial charge is 0.476 e. The first kappa shape index (κ1) is 16.4. The molecular formula is C12H19N3O4S. The SMILES string of the molecule is COCC(NC(=O)NCc1nc(C(=O)O)cs1)C(C)C. The number of aromatic nitrogens is 1. The fourth-order valence-electron chi connectivity index (χ4n) is 1.45. The molecule has 0 fully saturated rings. The van der Waals surface area contributed by atoms with Gasteiger partial charge in [-0.3, -0.25) is 0 Å². The van der Waals surface area contributed by atoms with Gasteiger partial charge in [-0.05, 0) is 5.92 Å². The molecule has 1 atom stereocenters. The van der Waals surface area contributed by atoms with Crippen LogP contribution in [0.5, 0.6) is 0 Å². The minimum atomic E-state index is -1.07. The fraction of sp³-hybridized carbons (Fsp3) is 0.583. The summed E-state index contributed by atoms with van der Waals surface area (Å²) in [6.45, 7) is 4.61. The van der Waals surface area contributed by atoms with Crippen LogP contribution in [0.15, 0.2) is 5.38 Å². The number of ether oxygens (including phenoxy) is 1. The summed E-state index contributed by atoms with van der Waals surface area (Å²) in [4.78, 5) is 26.3. The average molecular weight is 301 g/mol. The van der Waals surface area contributed by atoms with E-state index in [1.165, 1.54) is 16.7 Å². The van der Waals surface area contributed by atoms with Gasteiger partial charge in [-0.1, -0.05) is 13.8 Å². The van der Waals surface area contributed by atoms with Gasteiger partial charge in [0, 0.05) is 12.5 Å². The van der Waals surface area contributed by atoms with Crippen LogP contribution in [0.4, 0.5) is 4.79 Å². The zero-order valence-electron chi connectivity index (χ0n) is 11.7. The maximum absolute atomic E-state index is 11.7. The van der Waals surface area contributed by atoms with Gasteiger partial charge in [-0.15, -0.1) is 11.3 Å². The normalized spacial score (nSPS) is 12.2. The predicted octanol–water partition coefficient (Wildman–Crippen LogP) is 1.31. The van der Waals surface area contributed by atoms with Crippen LogP contribution < -0.4 is 10.6 Å². The lowest BCUT2D eigenvalue weighted by molar-refractivity contribution is 0.0691. The Morgan fingerprint density at radius 3 is 2.70 bits per heavy atom. The molecule has 7 nitrogen and oxygen atoms in total. The summed E-state index contributed by atoms with van der Waals surface area (Å²) >= 11 is 1.20. The second-order valence-corrected chi connectivity index (χ2v) is 5.51. The molecule has 0 aromatic carbocycles. The van der Waals surface area contributed by atoms with Crippen molar-refractivity contribution in [2.24, 2.45) is 5.92 Å². The minimum absolute atomic E-state index is 0.00773. The van der Waals surface area contributed by atoms with Gasteiger partial charge in [0.05, 0.1) is 19.2 Å². The maximum atomic E-state index is 11.7. The fourth-order valence-corrected chi connectivity index (χ4v) is 2.15. The highest BCUT2D eigenvalue weighted by Crippen LogP contribution is 2.09. The zero-order chi connectivity index (χ0) is 15.1. The van der Waals surface area contributed by atoms with E-state index in [1.807, 2.05) is 13.8 Å².